The molecule has 0 atom stereocenters. The summed E-state index contributed by atoms with van der Waals surface area (Å²) in [6.45, 7) is 0.530. The molecular formula is C20H21BrN6O2S. The van der Waals surface area contributed by atoms with Crippen molar-refractivity contribution < 1.29 is 9.53 Å². The van der Waals surface area contributed by atoms with Gasteiger partial charge in [-0.3, -0.25) is 4.79 Å². The fourth-order valence-electron chi connectivity index (χ4n) is 2.44. The van der Waals surface area contributed by atoms with Gasteiger partial charge in [-0.2, -0.15) is 5.10 Å². The van der Waals surface area contributed by atoms with E-state index in [1.165, 1.54) is 11.8 Å². The van der Waals surface area contributed by atoms with Crippen LogP contribution >= 0.6 is 27.7 Å². The lowest BCUT2D eigenvalue weighted by atomic mass is 10.2. The molecule has 0 radical (unpaired) electrons. The lowest BCUT2D eigenvalue weighted by molar-refractivity contribution is -0.118. The van der Waals surface area contributed by atoms with E-state index in [1.54, 1.807) is 13.3 Å². The van der Waals surface area contributed by atoms with E-state index in [9.17, 15) is 4.79 Å². The van der Waals surface area contributed by atoms with Crippen molar-refractivity contribution >= 4 is 45.5 Å². The summed E-state index contributed by atoms with van der Waals surface area (Å²) in [5.74, 6) is 1.46. The molecule has 1 aromatic heterocycles. The van der Waals surface area contributed by atoms with E-state index < -0.39 is 0 Å². The van der Waals surface area contributed by atoms with Gasteiger partial charge in [-0.15, -0.1) is 10.2 Å². The van der Waals surface area contributed by atoms with Gasteiger partial charge < -0.3 is 14.6 Å². The van der Waals surface area contributed by atoms with E-state index in [4.69, 9.17) is 4.74 Å². The van der Waals surface area contributed by atoms with Gasteiger partial charge in [0.1, 0.15) is 5.75 Å². The molecule has 156 valence electrons. The van der Waals surface area contributed by atoms with Crippen LogP contribution in [0.15, 0.2) is 63.3 Å². The summed E-state index contributed by atoms with van der Waals surface area (Å²) in [7, 11) is 3.48. The SMILES string of the molecule is COc1cccc(C=NNC(=O)CSc2nnc(CNc3ccc(Br)cc3)n2C)c1. The molecular weight excluding hydrogens is 468 g/mol. The van der Waals surface area contributed by atoms with E-state index in [0.717, 1.165) is 27.3 Å². The number of halogens is 1. The van der Waals surface area contributed by atoms with Crippen LogP contribution in [0.5, 0.6) is 5.75 Å². The number of nitrogens with one attached hydrogen (secondary N) is 2. The van der Waals surface area contributed by atoms with Crippen LogP contribution in [0.3, 0.4) is 0 Å². The highest BCUT2D eigenvalue weighted by molar-refractivity contribution is 9.10. The highest BCUT2D eigenvalue weighted by Crippen LogP contribution is 2.17. The average molecular weight is 489 g/mol. The van der Waals surface area contributed by atoms with Gasteiger partial charge in [0, 0.05) is 17.2 Å². The van der Waals surface area contributed by atoms with E-state index in [0.29, 0.717) is 11.7 Å². The smallest absolute Gasteiger partial charge is 0.250 e. The highest BCUT2D eigenvalue weighted by Gasteiger charge is 2.11. The number of hydrazone groups is 1. The number of methoxy groups -OCH3 is 1. The molecule has 1 amide bonds. The molecule has 10 heteroatoms. The maximum atomic E-state index is 12.0. The number of ether oxygens (including phenoxy) is 1. The molecule has 2 aromatic carbocycles. The Labute approximate surface area is 187 Å². The topological polar surface area (TPSA) is 93.4 Å². The van der Waals surface area contributed by atoms with Crippen LogP contribution in [0.25, 0.3) is 0 Å². The van der Waals surface area contributed by atoms with Crippen molar-refractivity contribution in [2.75, 3.05) is 18.2 Å². The van der Waals surface area contributed by atoms with Gasteiger partial charge >= 0.3 is 0 Å². The third kappa shape index (κ3) is 6.33. The molecule has 3 aromatic rings. The number of thioether (sulfide) groups is 1. The number of nitrogens with zero attached hydrogens (tertiary/aromatic N) is 4. The molecule has 0 fully saturated rings. The Balaban J connectivity index is 1.46. The van der Waals surface area contributed by atoms with Crippen molar-refractivity contribution in [2.45, 2.75) is 11.7 Å². The minimum absolute atomic E-state index is 0.182. The number of hydrogen-bond acceptors (Lipinski definition) is 7. The number of amides is 1. The molecule has 2 N–H and O–H groups in total. The van der Waals surface area contributed by atoms with E-state index in [1.807, 2.05) is 60.1 Å². The molecule has 0 aliphatic rings. The zero-order chi connectivity index (χ0) is 21.3. The number of benzene rings is 2. The van der Waals surface area contributed by atoms with Crippen LogP contribution in [0.4, 0.5) is 5.69 Å². The molecule has 3 rings (SSSR count). The highest BCUT2D eigenvalue weighted by atomic mass is 79.9. The monoisotopic (exact) mass is 488 g/mol. The lowest BCUT2D eigenvalue weighted by Gasteiger charge is -2.07. The van der Waals surface area contributed by atoms with Crippen LogP contribution in [0.2, 0.25) is 0 Å². The molecule has 0 saturated heterocycles. The van der Waals surface area contributed by atoms with Gasteiger partial charge in [-0.25, -0.2) is 5.43 Å². The summed E-state index contributed by atoms with van der Waals surface area (Å²) in [6, 6.07) is 15.3. The number of rotatable bonds is 9. The number of anilines is 1. The van der Waals surface area contributed by atoms with Gasteiger partial charge in [-0.05, 0) is 42.0 Å². The normalized spacial score (nSPS) is 10.9. The minimum Gasteiger partial charge on any atom is -0.497 e. The zero-order valence-corrected chi connectivity index (χ0v) is 18.9. The van der Waals surface area contributed by atoms with Gasteiger partial charge in [0.2, 0.25) is 0 Å². The Morgan fingerprint density at radius 1 is 1.27 bits per heavy atom. The standard InChI is InChI=1S/C20H21BrN6O2S/c1-27-18(12-22-16-8-6-15(21)7-9-16)24-26-20(27)30-13-19(28)25-23-11-14-4-3-5-17(10-14)29-2/h3-11,22H,12-13H2,1-2H3,(H,25,28). The molecule has 0 unspecified atom stereocenters. The first-order valence-corrected chi connectivity index (χ1v) is 10.8. The second-order valence-electron chi connectivity index (χ2n) is 6.18. The van der Waals surface area contributed by atoms with E-state index in [2.05, 4.69) is 42.0 Å². The largest absolute Gasteiger partial charge is 0.497 e. The van der Waals surface area contributed by atoms with Crippen LogP contribution < -0.4 is 15.5 Å². The molecule has 0 bridgehead atoms. The van der Waals surface area contributed by atoms with Crippen molar-refractivity contribution in [3.8, 4) is 5.75 Å². The fourth-order valence-corrected chi connectivity index (χ4v) is 3.42. The summed E-state index contributed by atoms with van der Waals surface area (Å²) in [4.78, 5) is 12.0. The molecule has 0 aliphatic heterocycles. The van der Waals surface area contributed by atoms with Gasteiger partial charge in [0.05, 0.1) is 25.6 Å². The summed E-state index contributed by atoms with van der Waals surface area (Å²) >= 11 is 4.72. The van der Waals surface area contributed by atoms with Crippen molar-refractivity contribution in [2.24, 2.45) is 12.1 Å². The minimum atomic E-state index is -0.225. The van der Waals surface area contributed by atoms with Gasteiger partial charge in [0.25, 0.3) is 5.91 Å². The third-order valence-electron chi connectivity index (χ3n) is 4.05. The average Bonchev–Trinajstić information content (AvgIpc) is 3.11. The molecule has 0 aliphatic carbocycles. The van der Waals surface area contributed by atoms with Gasteiger partial charge in [0.15, 0.2) is 11.0 Å². The van der Waals surface area contributed by atoms with Crippen LogP contribution in [0.1, 0.15) is 11.4 Å². The number of hydrogen-bond donors (Lipinski definition) is 2. The molecule has 30 heavy (non-hydrogen) atoms. The Hall–Kier alpha value is -2.85. The molecule has 1 heterocycles. The zero-order valence-electron chi connectivity index (χ0n) is 16.5. The van der Waals surface area contributed by atoms with Crippen LogP contribution in [0, 0.1) is 0 Å². The number of carbonyl (C=O) groups is 1. The summed E-state index contributed by atoms with van der Waals surface area (Å²) in [5, 5.41) is 16.3. The van der Waals surface area contributed by atoms with Crippen molar-refractivity contribution in [3.63, 3.8) is 0 Å². The summed E-state index contributed by atoms with van der Waals surface area (Å²) < 4.78 is 8.05. The predicted molar refractivity (Wildman–Crippen MR) is 122 cm³/mol. The second-order valence-corrected chi connectivity index (χ2v) is 8.03. The first-order chi connectivity index (χ1) is 14.5. The first-order valence-electron chi connectivity index (χ1n) is 9.01. The van der Waals surface area contributed by atoms with Crippen LogP contribution in [-0.4, -0.2) is 39.7 Å². The maximum Gasteiger partial charge on any atom is 0.250 e. The molecule has 0 spiro atoms. The number of carbonyl (C=O) groups excluding carboxylic acids is 1. The Morgan fingerprint density at radius 2 is 2.07 bits per heavy atom. The lowest BCUT2D eigenvalue weighted by Crippen LogP contribution is -2.20. The quantitative estimate of drug-likeness (QED) is 0.272. The Bertz CT molecular complexity index is 1020. The predicted octanol–water partition coefficient (Wildman–Crippen LogP) is 3.44. The van der Waals surface area contributed by atoms with Crippen molar-refractivity contribution in [1.82, 2.24) is 20.2 Å². The van der Waals surface area contributed by atoms with Crippen molar-refractivity contribution in [1.29, 1.82) is 0 Å². The molecule has 8 nitrogen and oxygen atoms in total. The van der Waals surface area contributed by atoms with E-state index >= 15 is 0 Å². The number of aromatic nitrogens is 3. The van der Waals surface area contributed by atoms with E-state index in [-0.39, 0.29) is 11.7 Å². The maximum absolute atomic E-state index is 12.0. The van der Waals surface area contributed by atoms with Crippen molar-refractivity contribution in [3.05, 3.63) is 64.4 Å². The Kier molecular flexibility index (Phi) is 7.86. The Morgan fingerprint density at radius 3 is 2.83 bits per heavy atom. The summed E-state index contributed by atoms with van der Waals surface area (Å²) in [6.07, 6.45) is 1.57. The fraction of sp³-hybridized carbons (Fsp3) is 0.200. The van der Waals surface area contributed by atoms with Crippen LogP contribution in [-0.2, 0) is 18.4 Å². The third-order valence-corrected chi connectivity index (χ3v) is 5.60. The van der Waals surface area contributed by atoms with Gasteiger partial charge in [-0.1, -0.05) is 39.8 Å². The second kappa shape index (κ2) is 10.8. The molecule has 0 saturated carbocycles. The first kappa shape index (κ1) is 21.8. The summed E-state index contributed by atoms with van der Waals surface area (Å²) in [5.41, 5.74) is 4.33.